The lowest BCUT2D eigenvalue weighted by molar-refractivity contribution is 0.439. The van der Waals surface area contributed by atoms with Crippen molar-refractivity contribution in [2.45, 2.75) is 13.8 Å². The molecule has 0 radical (unpaired) electrons. The molecule has 0 saturated heterocycles. The van der Waals surface area contributed by atoms with Crippen molar-refractivity contribution >= 4 is 17.2 Å². The van der Waals surface area contributed by atoms with Crippen LogP contribution in [0.2, 0.25) is 0 Å². The minimum atomic E-state index is 0.371. The third-order valence-corrected chi connectivity index (χ3v) is 4.00. The monoisotopic (exact) mass is 270 g/mol. The molecule has 2 heterocycles. The molecule has 0 amide bonds. The molecular formula is C15H14N2OS. The van der Waals surface area contributed by atoms with Crippen LogP contribution < -0.4 is 5.73 Å². The summed E-state index contributed by atoms with van der Waals surface area (Å²) in [6.07, 6.45) is 0. The highest BCUT2D eigenvalue weighted by Crippen LogP contribution is 2.39. The average Bonchev–Trinajstić information content (AvgIpc) is 2.99. The first-order valence-corrected chi connectivity index (χ1v) is 6.91. The van der Waals surface area contributed by atoms with E-state index in [1.165, 1.54) is 11.1 Å². The van der Waals surface area contributed by atoms with E-state index in [0.717, 1.165) is 21.7 Å². The summed E-state index contributed by atoms with van der Waals surface area (Å²) in [5.41, 5.74) is 11.2. The first-order valence-electron chi connectivity index (χ1n) is 6.03. The summed E-state index contributed by atoms with van der Waals surface area (Å²) >= 11 is 1.63. The topological polar surface area (TPSA) is 52.0 Å². The van der Waals surface area contributed by atoms with E-state index in [9.17, 15) is 0 Å². The number of aromatic nitrogens is 1. The summed E-state index contributed by atoms with van der Waals surface area (Å²) in [5.74, 6) is 0.371. The lowest BCUT2D eigenvalue weighted by atomic mass is 9.98. The van der Waals surface area contributed by atoms with E-state index in [2.05, 4.69) is 37.2 Å². The average molecular weight is 270 g/mol. The number of nitrogens with zero attached hydrogens (tertiary/aromatic N) is 1. The van der Waals surface area contributed by atoms with Crippen LogP contribution in [0.4, 0.5) is 5.88 Å². The molecule has 96 valence electrons. The van der Waals surface area contributed by atoms with Gasteiger partial charge in [0.05, 0.1) is 10.4 Å². The fourth-order valence-corrected chi connectivity index (χ4v) is 2.95. The van der Waals surface area contributed by atoms with Gasteiger partial charge < -0.3 is 10.3 Å². The Morgan fingerprint density at radius 3 is 2.74 bits per heavy atom. The Hall–Kier alpha value is -2.07. The van der Waals surface area contributed by atoms with Crippen molar-refractivity contribution in [2.75, 3.05) is 5.73 Å². The number of rotatable bonds is 2. The van der Waals surface area contributed by atoms with Gasteiger partial charge in [-0.15, -0.1) is 11.3 Å². The van der Waals surface area contributed by atoms with E-state index >= 15 is 0 Å². The molecule has 0 atom stereocenters. The lowest BCUT2D eigenvalue weighted by Crippen LogP contribution is -1.90. The molecular weight excluding hydrogens is 256 g/mol. The maximum atomic E-state index is 5.96. The maximum Gasteiger partial charge on any atom is 0.230 e. The first-order chi connectivity index (χ1) is 9.16. The molecule has 0 aliphatic carbocycles. The Morgan fingerprint density at radius 2 is 2.05 bits per heavy atom. The molecule has 0 aliphatic rings. The molecule has 2 N–H and O–H groups in total. The molecule has 0 saturated carbocycles. The zero-order chi connectivity index (χ0) is 13.4. The summed E-state index contributed by atoms with van der Waals surface area (Å²) in [6, 6.07) is 10.3. The molecule has 3 nitrogen and oxygen atoms in total. The van der Waals surface area contributed by atoms with Gasteiger partial charge in [-0.1, -0.05) is 35.0 Å². The third kappa shape index (κ3) is 2.04. The van der Waals surface area contributed by atoms with Crippen LogP contribution in [0.25, 0.3) is 21.7 Å². The molecule has 19 heavy (non-hydrogen) atoms. The second kappa shape index (κ2) is 4.55. The molecule has 3 rings (SSSR count). The molecule has 0 aliphatic heterocycles. The standard InChI is InChI=1S/C15H14N2OS/c1-9-5-6-11(10(2)8-9)13-14(17-18-15(13)16)12-4-3-7-19-12/h3-8H,16H2,1-2H3. The van der Waals surface area contributed by atoms with Gasteiger partial charge >= 0.3 is 0 Å². The van der Waals surface area contributed by atoms with Crippen molar-refractivity contribution in [1.29, 1.82) is 0 Å². The van der Waals surface area contributed by atoms with E-state index < -0.39 is 0 Å². The Kier molecular flexibility index (Phi) is 2.87. The van der Waals surface area contributed by atoms with E-state index in [-0.39, 0.29) is 0 Å². The SMILES string of the molecule is Cc1ccc(-c2c(-c3cccs3)noc2N)c(C)c1. The van der Waals surface area contributed by atoms with Gasteiger partial charge in [-0.3, -0.25) is 0 Å². The van der Waals surface area contributed by atoms with Crippen LogP contribution in [0.3, 0.4) is 0 Å². The van der Waals surface area contributed by atoms with Crippen LogP contribution in [-0.4, -0.2) is 5.16 Å². The van der Waals surface area contributed by atoms with Gasteiger partial charge in [-0.2, -0.15) is 0 Å². The number of hydrogen-bond acceptors (Lipinski definition) is 4. The number of hydrogen-bond donors (Lipinski definition) is 1. The van der Waals surface area contributed by atoms with Crippen LogP contribution in [0.5, 0.6) is 0 Å². The minimum absolute atomic E-state index is 0.371. The summed E-state index contributed by atoms with van der Waals surface area (Å²) in [4.78, 5) is 1.07. The number of benzene rings is 1. The molecule has 2 aromatic heterocycles. The molecule has 3 aromatic rings. The Balaban J connectivity index is 2.22. The Bertz CT molecular complexity index is 714. The van der Waals surface area contributed by atoms with Crippen molar-refractivity contribution in [3.63, 3.8) is 0 Å². The normalized spacial score (nSPS) is 10.8. The van der Waals surface area contributed by atoms with Crippen molar-refractivity contribution in [1.82, 2.24) is 5.16 Å². The fourth-order valence-electron chi connectivity index (χ4n) is 2.24. The predicted molar refractivity (Wildman–Crippen MR) is 79.1 cm³/mol. The second-order valence-electron chi connectivity index (χ2n) is 4.57. The smallest absolute Gasteiger partial charge is 0.230 e. The maximum absolute atomic E-state index is 5.96. The zero-order valence-corrected chi connectivity index (χ0v) is 11.6. The summed E-state index contributed by atoms with van der Waals surface area (Å²) < 4.78 is 5.19. The number of aryl methyl sites for hydroxylation is 2. The molecule has 0 spiro atoms. The molecule has 0 fully saturated rings. The van der Waals surface area contributed by atoms with Gasteiger partial charge in [0.15, 0.2) is 0 Å². The largest absolute Gasteiger partial charge is 0.367 e. The van der Waals surface area contributed by atoms with Crippen LogP contribution in [0, 0.1) is 13.8 Å². The van der Waals surface area contributed by atoms with Gasteiger partial charge in [-0.05, 0) is 36.4 Å². The van der Waals surface area contributed by atoms with E-state index in [1.54, 1.807) is 11.3 Å². The van der Waals surface area contributed by atoms with E-state index in [0.29, 0.717) is 5.88 Å². The highest BCUT2D eigenvalue weighted by atomic mass is 32.1. The van der Waals surface area contributed by atoms with Crippen LogP contribution in [-0.2, 0) is 0 Å². The highest BCUT2D eigenvalue weighted by molar-refractivity contribution is 7.13. The predicted octanol–water partition coefficient (Wildman–Crippen LogP) is 4.27. The first kappa shape index (κ1) is 12.0. The van der Waals surface area contributed by atoms with Crippen molar-refractivity contribution in [3.8, 4) is 21.7 Å². The molecule has 4 heteroatoms. The summed E-state index contributed by atoms with van der Waals surface area (Å²) in [6.45, 7) is 4.15. The van der Waals surface area contributed by atoms with Crippen LogP contribution >= 0.6 is 11.3 Å². The minimum Gasteiger partial charge on any atom is -0.367 e. The number of nitrogens with two attached hydrogens (primary N) is 1. The van der Waals surface area contributed by atoms with Crippen molar-refractivity contribution in [2.24, 2.45) is 0 Å². The van der Waals surface area contributed by atoms with Gasteiger partial charge in [0, 0.05) is 0 Å². The summed E-state index contributed by atoms with van der Waals surface area (Å²) in [7, 11) is 0. The Labute approximate surface area is 115 Å². The van der Waals surface area contributed by atoms with Crippen molar-refractivity contribution < 1.29 is 4.52 Å². The van der Waals surface area contributed by atoms with Crippen LogP contribution in [0.15, 0.2) is 40.2 Å². The fraction of sp³-hybridized carbons (Fsp3) is 0.133. The van der Waals surface area contributed by atoms with Crippen LogP contribution in [0.1, 0.15) is 11.1 Å². The number of anilines is 1. The Morgan fingerprint density at radius 1 is 1.21 bits per heavy atom. The lowest BCUT2D eigenvalue weighted by Gasteiger charge is -2.06. The number of thiophene rings is 1. The van der Waals surface area contributed by atoms with Gasteiger partial charge in [0.2, 0.25) is 5.88 Å². The highest BCUT2D eigenvalue weighted by Gasteiger charge is 2.19. The quantitative estimate of drug-likeness (QED) is 0.756. The van der Waals surface area contributed by atoms with E-state index in [1.807, 2.05) is 17.5 Å². The molecule has 0 bridgehead atoms. The third-order valence-electron chi connectivity index (χ3n) is 3.12. The zero-order valence-electron chi connectivity index (χ0n) is 10.8. The van der Waals surface area contributed by atoms with Gasteiger partial charge in [-0.25, -0.2) is 0 Å². The van der Waals surface area contributed by atoms with Gasteiger partial charge in [0.1, 0.15) is 5.69 Å². The summed E-state index contributed by atoms with van der Waals surface area (Å²) in [5, 5.41) is 6.13. The second-order valence-corrected chi connectivity index (χ2v) is 5.51. The molecule has 1 aromatic carbocycles. The van der Waals surface area contributed by atoms with E-state index in [4.69, 9.17) is 10.3 Å². The van der Waals surface area contributed by atoms with Gasteiger partial charge in [0.25, 0.3) is 0 Å². The number of nitrogen functional groups attached to an aromatic ring is 1. The van der Waals surface area contributed by atoms with Crippen molar-refractivity contribution in [3.05, 3.63) is 46.8 Å². The molecule has 0 unspecified atom stereocenters.